The van der Waals surface area contributed by atoms with E-state index in [0.29, 0.717) is 10.0 Å². The van der Waals surface area contributed by atoms with E-state index in [-0.39, 0.29) is 38.6 Å². The van der Waals surface area contributed by atoms with Crippen molar-refractivity contribution in [3.8, 4) is 0 Å². The van der Waals surface area contributed by atoms with Crippen LogP contribution in [0.5, 0.6) is 0 Å². The molecule has 184 valence electrons. The molecule has 1 atom stereocenters. The number of carbonyl (C=O) groups is 2. The Morgan fingerprint density at radius 1 is 1.06 bits per heavy atom. The van der Waals surface area contributed by atoms with E-state index in [1.165, 1.54) is 24.3 Å². The number of nitrogens with one attached hydrogen (secondary N) is 2. The van der Waals surface area contributed by atoms with Crippen LogP contribution in [0.4, 0.5) is 13.2 Å². The van der Waals surface area contributed by atoms with Crippen LogP contribution in [0.15, 0.2) is 40.9 Å². The predicted octanol–water partition coefficient (Wildman–Crippen LogP) is 7.41. The molecule has 2 aromatic carbocycles. The van der Waals surface area contributed by atoms with Crippen LogP contribution in [0, 0.1) is 0 Å². The van der Waals surface area contributed by atoms with Gasteiger partial charge < -0.3 is 10.6 Å². The largest absolute Gasteiger partial charge is 0.399 e. The number of hydrogen-bond donors (Lipinski definition) is 2. The summed E-state index contributed by atoms with van der Waals surface area (Å²) in [6.45, 7) is 5.22. The molecule has 0 aliphatic heterocycles. The Hall–Kier alpha value is -1.74. The van der Waals surface area contributed by atoms with Crippen molar-refractivity contribution < 1.29 is 22.8 Å². The van der Waals surface area contributed by atoms with Gasteiger partial charge in [0.25, 0.3) is 5.91 Å². The highest BCUT2D eigenvalue weighted by Crippen LogP contribution is 2.41. The fourth-order valence-corrected chi connectivity index (χ4v) is 4.10. The molecule has 0 aliphatic carbocycles. The molecular weight excluding hydrogens is 580 g/mol. The van der Waals surface area contributed by atoms with E-state index in [4.69, 9.17) is 34.8 Å². The van der Waals surface area contributed by atoms with Crippen LogP contribution >= 0.6 is 50.7 Å². The summed E-state index contributed by atoms with van der Waals surface area (Å²) in [6, 6.07) is 6.67. The third kappa shape index (κ3) is 8.18. The Kier molecular flexibility index (Phi) is 9.50. The fourth-order valence-electron chi connectivity index (χ4n) is 2.91. The third-order valence-electron chi connectivity index (χ3n) is 4.36. The molecule has 0 radical (unpaired) electrons. The summed E-state index contributed by atoms with van der Waals surface area (Å²) in [6.07, 6.45) is -2.37. The van der Waals surface area contributed by atoms with Crippen LogP contribution in [0.3, 0.4) is 0 Å². The maximum absolute atomic E-state index is 13.7. The topological polar surface area (TPSA) is 58.2 Å². The number of carbonyl (C=O) groups excluding carboxylic acids is 2. The van der Waals surface area contributed by atoms with Crippen LogP contribution in [-0.4, -0.2) is 30.1 Å². The molecule has 0 aliphatic rings. The number of halogens is 7. The van der Waals surface area contributed by atoms with Crippen molar-refractivity contribution >= 4 is 68.6 Å². The van der Waals surface area contributed by atoms with E-state index >= 15 is 0 Å². The van der Waals surface area contributed by atoms with Gasteiger partial charge in [-0.3, -0.25) is 9.59 Å². The first-order valence-corrected chi connectivity index (χ1v) is 11.8. The lowest BCUT2D eigenvalue weighted by Gasteiger charge is -2.20. The molecular formula is C23H21BrCl3F3N2O2. The van der Waals surface area contributed by atoms with Crippen LogP contribution < -0.4 is 10.6 Å². The highest BCUT2D eigenvalue weighted by molar-refractivity contribution is 9.10. The van der Waals surface area contributed by atoms with Gasteiger partial charge in [-0.2, -0.15) is 13.2 Å². The Labute approximate surface area is 219 Å². The van der Waals surface area contributed by atoms with Crippen LogP contribution in [0.1, 0.15) is 48.2 Å². The summed E-state index contributed by atoms with van der Waals surface area (Å²) in [7, 11) is 0. The molecule has 2 rings (SSSR count). The zero-order valence-corrected chi connectivity index (χ0v) is 22.1. The predicted molar refractivity (Wildman–Crippen MR) is 134 cm³/mol. The second-order valence-electron chi connectivity index (χ2n) is 8.40. The number of hydrogen-bond acceptors (Lipinski definition) is 2. The van der Waals surface area contributed by atoms with Crippen LogP contribution in [-0.2, 0) is 4.79 Å². The summed E-state index contributed by atoms with van der Waals surface area (Å²) < 4.78 is 41.5. The van der Waals surface area contributed by atoms with Gasteiger partial charge in [0.1, 0.15) is 0 Å². The van der Waals surface area contributed by atoms with Gasteiger partial charge >= 0.3 is 6.18 Å². The van der Waals surface area contributed by atoms with Crippen molar-refractivity contribution in [1.29, 1.82) is 0 Å². The van der Waals surface area contributed by atoms with Crippen molar-refractivity contribution in [3.63, 3.8) is 0 Å². The summed E-state index contributed by atoms with van der Waals surface area (Å²) in [5.41, 5.74) is 0.0400. The van der Waals surface area contributed by atoms with E-state index in [0.717, 1.165) is 18.2 Å². The first-order chi connectivity index (χ1) is 15.6. The lowest BCUT2D eigenvalue weighted by atomic mass is 9.97. The molecule has 0 saturated heterocycles. The van der Waals surface area contributed by atoms with Gasteiger partial charge in [0.05, 0.1) is 33.1 Å². The second-order valence-corrected chi connectivity index (χ2v) is 10.4. The molecule has 1 unspecified atom stereocenters. The molecule has 2 amide bonds. The standard InChI is InChI=1S/C23H21BrCl3F3N2O2/c1-22(2,3)32-19(33)11-31-21(34)14-6-4-12(8-16(14)24)5-7-15(23(28,29)30)13-9-17(25)20(27)18(26)10-13/h4-10,15H,11H2,1-3H3,(H,31,34)(H,32,33)/b7-5+. The molecule has 2 N–H and O–H groups in total. The van der Waals surface area contributed by atoms with Crippen molar-refractivity contribution in [2.24, 2.45) is 0 Å². The van der Waals surface area contributed by atoms with Gasteiger partial charge in [-0.25, -0.2) is 0 Å². The van der Waals surface area contributed by atoms with Crippen LogP contribution in [0.25, 0.3) is 6.08 Å². The summed E-state index contributed by atoms with van der Waals surface area (Å²) >= 11 is 20.9. The van der Waals surface area contributed by atoms with Crippen molar-refractivity contribution in [2.45, 2.75) is 38.4 Å². The molecule has 2 aromatic rings. The highest BCUT2D eigenvalue weighted by Gasteiger charge is 2.39. The van der Waals surface area contributed by atoms with Gasteiger partial charge in [0.2, 0.25) is 5.91 Å². The van der Waals surface area contributed by atoms with Gasteiger partial charge in [0.15, 0.2) is 0 Å². The quantitative estimate of drug-likeness (QED) is 0.339. The molecule has 0 heterocycles. The van der Waals surface area contributed by atoms with E-state index in [9.17, 15) is 22.8 Å². The number of amides is 2. The average molecular weight is 601 g/mol. The summed E-state index contributed by atoms with van der Waals surface area (Å²) in [5, 5.41) is 5.04. The number of alkyl halides is 3. The number of rotatable bonds is 6. The maximum atomic E-state index is 13.7. The maximum Gasteiger partial charge on any atom is 0.399 e. The molecule has 0 fully saturated rings. The van der Waals surface area contributed by atoms with Gasteiger partial charge in [-0.05, 0) is 72.1 Å². The van der Waals surface area contributed by atoms with E-state index < -0.39 is 23.5 Å². The summed E-state index contributed by atoms with van der Waals surface area (Å²) in [4.78, 5) is 24.3. The molecule has 4 nitrogen and oxygen atoms in total. The summed E-state index contributed by atoms with van der Waals surface area (Å²) in [5.74, 6) is -2.84. The van der Waals surface area contributed by atoms with Crippen molar-refractivity contribution in [1.82, 2.24) is 10.6 Å². The number of allylic oxidation sites excluding steroid dienone is 1. The minimum atomic E-state index is -4.61. The Bertz CT molecular complexity index is 1090. The Morgan fingerprint density at radius 3 is 2.15 bits per heavy atom. The monoisotopic (exact) mass is 598 g/mol. The lowest BCUT2D eigenvalue weighted by molar-refractivity contribution is -0.139. The molecule has 0 spiro atoms. The zero-order chi connectivity index (χ0) is 25.8. The van der Waals surface area contributed by atoms with Gasteiger partial charge in [0, 0.05) is 10.0 Å². The molecule has 34 heavy (non-hydrogen) atoms. The smallest absolute Gasteiger partial charge is 0.350 e. The molecule has 0 bridgehead atoms. The Balaban J connectivity index is 2.20. The Morgan fingerprint density at radius 2 is 1.65 bits per heavy atom. The van der Waals surface area contributed by atoms with E-state index in [1.54, 1.807) is 0 Å². The van der Waals surface area contributed by atoms with Crippen molar-refractivity contribution in [3.05, 3.63) is 72.6 Å². The minimum absolute atomic E-state index is 0.0225. The highest BCUT2D eigenvalue weighted by atomic mass is 79.9. The van der Waals surface area contributed by atoms with Gasteiger partial charge in [-0.15, -0.1) is 0 Å². The van der Waals surface area contributed by atoms with E-state index in [1.807, 2.05) is 20.8 Å². The average Bonchev–Trinajstić information content (AvgIpc) is 2.68. The second kappa shape index (κ2) is 11.3. The van der Waals surface area contributed by atoms with Crippen molar-refractivity contribution in [2.75, 3.05) is 6.54 Å². The first kappa shape index (κ1) is 28.5. The lowest BCUT2D eigenvalue weighted by Crippen LogP contribution is -2.45. The fraction of sp³-hybridized carbons (Fsp3) is 0.304. The van der Waals surface area contributed by atoms with E-state index in [2.05, 4.69) is 26.6 Å². The molecule has 0 aromatic heterocycles. The van der Waals surface area contributed by atoms with Crippen LogP contribution in [0.2, 0.25) is 15.1 Å². The minimum Gasteiger partial charge on any atom is -0.350 e. The SMILES string of the molecule is CC(C)(C)NC(=O)CNC(=O)c1ccc(/C=C/C(c2cc(Cl)c(Cl)c(Cl)c2)C(F)(F)F)cc1Br. The zero-order valence-electron chi connectivity index (χ0n) is 18.3. The van der Waals surface area contributed by atoms with Gasteiger partial charge in [-0.1, -0.05) is 53.0 Å². The normalized spacial score (nSPS) is 13.1. The first-order valence-electron chi connectivity index (χ1n) is 9.86. The third-order valence-corrected chi connectivity index (χ3v) is 6.21. The number of benzene rings is 2. The molecule has 0 saturated carbocycles. The molecule has 11 heteroatoms.